The normalized spacial score (nSPS) is 9.23. The molecule has 4 heteroatoms. The zero-order chi connectivity index (χ0) is 9.84. The highest BCUT2D eigenvalue weighted by Gasteiger charge is 2.09. The van der Waals surface area contributed by atoms with Crippen LogP contribution in [-0.4, -0.2) is 11.1 Å². The first kappa shape index (κ1) is 9.20. The molecule has 0 aliphatic rings. The SMILES string of the molecule is N#CCc1ccc(C(=O)O)c(F)c1. The van der Waals surface area contributed by atoms with Gasteiger partial charge in [-0.1, -0.05) is 6.07 Å². The molecule has 0 fully saturated rings. The number of rotatable bonds is 2. The first-order chi connectivity index (χ1) is 6.15. The van der Waals surface area contributed by atoms with Crippen molar-refractivity contribution in [2.75, 3.05) is 0 Å². The van der Waals surface area contributed by atoms with Gasteiger partial charge in [0.05, 0.1) is 18.1 Å². The van der Waals surface area contributed by atoms with Crippen molar-refractivity contribution in [1.29, 1.82) is 5.26 Å². The summed E-state index contributed by atoms with van der Waals surface area (Å²) in [5, 5.41) is 16.8. The molecule has 1 rings (SSSR count). The molecule has 0 amide bonds. The van der Waals surface area contributed by atoms with E-state index in [1.165, 1.54) is 6.07 Å². The average Bonchev–Trinajstić information content (AvgIpc) is 2.04. The van der Waals surface area contributed by atoms with E-state index in [2.05, 4.69) is 0 Å². The topological polar surface area (TPSA) is 61.1 Å². The van der Waals surface area contributed by atoms with Crippen LogP contribution in [0.2, 0.25) is 0 Å². The highest BCUT2D eigenvalue weighted by molar-refractivity contribution is 5.87. The number of halogens is 1. The summed E-state index contributed by atoms with van der Waals surface area (Å²) in [5.41, 5.74) is 0.103. The fraction of sp³-hybridized carbons (Fsp3) is 0.111. The fourth-order valence-electron chi connectivity index (χ4n) is 0.933. The molecular weight excluding hydrogens is 173 g/mol. The average molecular weight is 179 g/mol. The minimum atomic E-state index is -1.30. The molecule has 0 aromatic heterocycles. The molecule has 0 bridgehead atoms. The summed E-state index contributed by atoms with van der Waals surface area (Å²) in [7, 11) is 0. The highest BCUT2D eigenvalue weighted by atomic mass is 19.1. The van der Waals surface area contributed by atoms with Crippen LogP contribution in [0.1, 0.15) is 15.9 Å². The number of carbonyl (C=O) groups is 1. The van der Waals surface area contributed by atoms with Gasteiger partial charge in [0.1, 0.15) is 5.82 Å². The number of nitrogens with zero attached hydrogens (tertiary/aromatic N) is 1. The van der Waals surface area contributed by atoms with Gasteiger partial charge in [-0.3, -0.25) is 0 Å². The molecule has 0 atom stereocenters. The van der Waals surface area contributed by atoms with E-state index in [1.54, 1.807) is 0 Å². The molecule has 13 heavy (non-hydrogen) atoms. The maximum absolute atomic E-state index is 12.9. The number of hydrogen-bond acceptors (Lipinski definition) is 2. The van der Waals surface area contributed by atoms with Crippen molar-refractivity contribution in [3.05, 3.63) is 35.1 Å². The Bertz CT molecular complexity index is 382. The molecule has 0 saturated heterocycles. The van der Waals surface area contributed by atoms with Crippen LogP contribution in [0.25, 0.3) is 0 Å². The number of aromatic carboxylic acids is 1. The second-order valence-corrected chi connectivity index (χ2v) is 2.45. The maximum Gasteiger partial charge on any atom is 0.338 e. The lowest BCUT2D eigenvalue weighted by Gasteiger charge is -1.98. The molecular formula is C9H6FNO2. The minimum Gasteiger partial charge on any atom is -0.478 e. The molecule has 1 aromatic rings. The highest BCUT2D eigenvalue weighted by Crippen LogP contribution is 2.10. The molecule has 0 unspecified atom stereocenters. The lowest BCUT2D eigenvalue weighted by molar-refractivity contribution is 0.0692. The Morgan fingerprint density at radius 2 is 2.31 bits per heavy atom. The van der Waals surface area contributed by atoms with Gasteiger partial charge in [-0.2, -0.15) is 5.26 Å². The summed E-state index contributed by atoms with van der Waals surface area (Å²) in [4.78, 5) is 10.4. The Balaban J connectivity index is 3.07. The monoisotopic (exact) mass is 179 g/mol. The van der Waals surface area contributed by atoms with Crippen LogP contribution in [0, 0.1) is 17.1 Å². The van der Waals surface area contributed by atoms with Crippen LogP contribution < -0.4 is 0 Å². The number of carboxylic acids is 1. The van der Waals surface area contributed by atoms with E-state index in [9.17, 15) is 9.18 Å². The van der Waals surface area contributed by atoms with Gasteiger partial charge in [-0.25, -0.2) is 9.18 Å². The summed E-state index contributed by atoms with van der Waals surface area (Å²) < 4.78 is 12.9. The zero-order valence-electron chi connectivity index (χ0n) is 6.62. The van der Waals surface area contributed by atoms with E-state index < -0.39 is 11.8 Å². The van der Waals surface area contributed by atoms with Crippen LogP contribution >= 0.6 is 0 Å². The van der Waals surface area contributed by atoms with Gasteiger partial charge in [0.25, 0.3) is 0 Å². The van der Waals surface area contributed by atoms with Gasteiger partial charge in [-0.05, 0) is 17.7 Å². The number of carboxylic acid groups (broad SMARTS) is 1. The third kappa shape index (κ3) is 2.03. The van der Waals surface area contributed by atoms with Crippen LogP contribution in [-0.2, 0) is 6.42 Å². The molecule has 3 nitrogen and oxygen atoms in total. The minimum absolute atomic E-state index is 0.0802. The van der Waals surface area contributed by atoms with Crippen molar-refractivity contribution in [2.45, 2.75) is 6.42 Å². The number of hydrogen-bond donors (Lipinski definition) is 1. The largest absolute Gasteiger partial charge is 0.478 e. The van der Waals surface area contributed by atoms with Crippen molar-refractivity contribution < 1.29 is 14.3 Å². The van der Waals surface area contributed by atoms with E-state index in [-0.39, 0.29) is 12.0 Å². The van der Waals surface area contributed by atoms with E-state index in [4.69, 9.17) is 10.4 Å². The van der Waals surface area contributed by atoms with Crippen molar-refractivity contribution in [1.82, 2.24) is 0 Å². The van der Waals surface area contributed by atoms with E-state index in [1.807, 2.05) is 6.07 Å². The Labute approximate surface area is 74.0 Å². The van der Waals surface area contributed by atoms with Crippen LogP contribution in [0.15, 0.2) is 18.2 Å². The van der Waals surface area contributed by atoms with E-state index in [0.29, 0.717) is 5.56 Å². The van der Waals surface area contributed by atoms with Gasteiger partial charge < -0.3 is 5.11 Å². The van der Waals surface area contributed by atoms with Crippen molar-refractivity contribution in [3.8, 4) is 6.07 Å². The third-order valence-corrected chi connectivity index (χ3v) is 1.55. The van der Waals surface area contributed by atoms with E-state index in [0.717, 1.165) is 12.1 Å². The first-order valence-corrected chi connectivity index (χ1v) is 3.54. The molecule has 0 spiro atoms. The number of nitriles is 1. The van der Waals surface area contributed by atoms with Crippen LogP contribution in [0.4, 0.5) is 4.39 Å². The quantitative estimate of drug-likeness (QED) is 0.749. The smallest absolute Gasteiger partial charge is 0.338 e. The van der Waals surface area contributed by atoms with E-state index >= 15 is 0 Å². The lowest BCUT2D eigenvalue weighted by Crippen LogP contribution is -2.00. The molecule has 1 aromatic carbocycles. The predicted molar refractivity (Wildman–Crippen MR) is 42.7 cm³/mol. The lowest BCUT2D eigenvalue weighted by atomic mass is 10.1. The summed E-state index contributed by atoms with van der Waals surface area (Å²) in [6.07, 6.45) is 0.0802. The Hall–Kier alpha value is -1.89. The Morgan fingerprint density at radius 3 is 2.77 bits per heavy atom. The van der Waals surface area contributed by atoms with Gasteiger partial charge in [0, 0.05) is 0 Å². The maximum atomic E-state index is 12.9. The summed E-state index contributed by atoms with van der Waals surface area (Å²) in [6.45, 7) is 0. The van der Waals surface area contributed by atoms with Crippen molar-refractivity contribution >= 4 is 5.97 Å². The van der Waals surface area contributed by atoms with Gasteiger partial charge >= 0.3 is 5.97 Å². The second kappa shape index (κ2) is 3.68. The summed E-state index contributed by atoms with van der Waals surface area (Å²) in [6, 6.07) is 5.49. The first-order valence-electron chi connectivity index (χ1n) is 3.54. The van der Waals surface area contributed by atoms with Crippen molar-refractivity contribution in [2.24, 2.45) is 0 Å². The Kier molecular flexibility index (Phi) is 2.60. The zero-order valence-corrected chi connectivity index (χ0v) is 6.62. The predicted octanol–water partition coefficient (Wildman–Crippen LogP) is 1.59. The fourth-order valence-corrected chi connectivity index (χ4v) is 0.933. The van der Waals surface area contributed by atoms with Crippen LogP contribution in [0.5, 0.6) is 0 Å². The van der Waals surface area contributed by atoms with Crippen molar-refractivity contribution in [3.63, 3.8) is 0 Å². The second-order valence-electron chi connectivity index (χ2n) is 2.45. The molecule has 1 N–H and O–H groups in total. The molecule has 0 aliphatic heterocycles. The Morgan fingerprint density at radius 1 is 1.62 bits per heavy atom. The molecule has 0 aliphatic carbocycles. The summed E-state index contributed by atoms with van der Waals surface area (Å²) >= 11 is 0. The molecule has 0 heterocycles. The summed E-state index contributed by atoms with van der Waals surface area (Å²) in [5.74, 6) is -2.11. The molecule has 66 valence electrons. The van der Waals surface area contributed by atoms with Crippen LogP contribution in [0.3, 0.4) is 0 Å². The standard InChI is InChI=1S/C9H6FNO2/c10-8-5-6(3-4-11)1-2-7(8)9(12)13/h1-2,5H,3H2,(H,12,13). The van der Waals surface area contributed by atoms with Gasteiger partial charge in [0.2, 0.25) is 0 Å². The van der Waals surface area contributed by atoms with Gasteiger partial charge in [0.15, 0.2) is 0 Å². The third-order valence-electron chi connectivity index (χ3n) is 1.55. The number of benzene rings is 1. The molecule has 0 radical (unpaired) electrons. The van der Waals surface area contributed by atoms with Gasteiger partial charge in [-0.15, -0.1) is 0 Å². The molecule has 0 saturated carbocycles.